The molecule has 3 nitrogen and oxygen atoms in total. The van der Waals surface area contributed by atoms with Crippen molar-refractivity contribution in [2.75, 3.05) is 24.5 Å². The second-order valence-corrected chi connectivity index (χ2v) is 4.65. The van der Waals surface area contributed by atoms with Crippen molar-refractivity contribution in [1.29, 1.82) is 0 Å². The van der Waals surface area contributed by atoms with E-state index in [4.69, 9.17) is 5.73 Å². The zero-order chi connectivity index (χ0) is 11.8. The van der Waals surface area contributed by atoms with Crippen molar-refractivity contribution in [3.63, 3.8) is 0 Å². The van der Waals surface area contributed by atoms with E-state index in [9.17, 15) is 5.11 Å². The van der Waals surface area contributed by atoms with E-state index < -0.39 is 5.60 Å². The van der Waals surface area contributed by atoms with Crippen LogP contribution in [0.4, 0.5) is 5.69 Å². The number of nitrogens with two attached hydrogens (primary N) is 1. The standard InChI is InChI=1S/C13H20N2O/c1-3-15-7-6-10-8-11(4-5-12(10)15)13(2,16)9-14/h4-5,8,16H,3,6-7,9,14H2,1-2H3. The van der Waals surface area contributed by atoms with Crippen LogP contribution in [0.3, 0.4) is 0 Å². The number of likely N-dealkylation sites (N-methyl/N-ethyl adjacent to an activating group) is 1. The molecule has 1 aromatic rings. The third-order valence-electron chi connectivity index (χ3n) is 3.47. The van der Waals surface area contributed by atoms with Gasteiger partial charge in [0.15, 0.2) is 0 Å². The molecular formula is C13H20N2O. The minimum atomic E-state index is -0.908. The van der Waals surface area contributed by atoms with Gasteiger partial charge in [0.05, 0.1) is 5.60 Å². The molecule has 1 aliphatic heterocycles. The van der Waals surface area contributed by atoms with E-state index in [1.54, 1.807) is 6.92 Å². The summed E-state index contributed by atoms with van der Waals surface area (Å²) in [5, 5.41) is 10.1. The lowest BCUT2D eigenvalue weighted by molar-refractivity contribution is 0.0668. The highest BCUT2D eigenvalue weighted by molar-refractivity contribution is 5.59. The molecule has 1 aliphatic rings. The van der Waals surface area contributed by atoms with Crippen molar-refractivity contribution in [3.05, 3.63) is 29.3 Å². The van der Waals surface area contributed by atoms with E-state index in [1.807, 2.05) is 6.07 Å². The lowest BCUT2D eigenvalue weighted by Gasteiger charge is -2.23. The van der Waals surface area contributed by atoms with Crippen LogP contribution in [0.25, 0.3) is 0 Å². The molecule has 1 atom stereocenters. The van der Waals surface area contributed by atoms with Gasteiger partial charge in [-0.1, -0.05) is 12.1 Å². The molecule has 0 radical (unpaired) electrons. The number of hydrogen-bond donors (Lipinski definition) is 2. The molecule has 1 unspecified atom stereocenters. The topological polar surface area (TPSA) is 49.5 Å². The fourth-order valence-corrected chi connectivity index (χ4v) is 2.25. The van der Waals surface area contributed by atoms with Gasteiger partial charge < -0.3 is 15.7 Å². The third kappa shape index (κ3) is 1.81. The number of fused-ring (bicyclic) bond motifs is 1. The SMILES string of the molecule is CCN1CCc2cc(C(C)(O)CN)ccc21. The van der Waals surface area contributed by atoms with Crippen LogP contribution in [-0.4, -0.2) is 24.7 Å². The minimum Gasteiger partial charge on any atom is -0.384 e. The van der Waals surface area contributed by atoms with E-state index in [2.05, 4.69) is 24.0 Å². The minimum absolute atomic E-state index is 0.253. The van der Waals surface area contributed by atoms with Gasteiger partial charge in [-0.05, 0) is 37.5 Å². The molecule has 88 valence electrons. The van der Waals surface area contributed by atoms with Crippen LogP contribution in [0.15, 0.2) is 18.2 Å². The highest BCUT2D eigenvalue weighted by atomic mass is 16.3. The molecule has 16 heavy (non-hydrogen) atoms. The number of hydrogen-bond acceptors (Lipinski definition) is 3. The molecule has 0 spiro atoms. The average Bonchev–Trinajstić information content (AvgIpc) is 2.70. The summed E-state index contributed by atoms with van der Waals surface area (Å²) in [6.07, 6.45) is 1.07. The molecule has 0 amide bonds. The average molecular weight is 220 g/mol. The second kappa shape index (κ2) is 4.07. The number of nitrogens with zero attached hydrogens (tertiary/aromatic N) is 1. The smallest absolute Gasteiger partial charge is 0.0990 e. The Morgan fingerprint density at radius 2 is 2.25 bits per heavy atom. The summed E-state index contributed by atoms with van der Waals surface area (Å²) in [5.41, 5.74) is 8.22. The third-order valence-corrected chi connectivity index (χ3v) is 3.47. The molecule has 1 heterocycles. The Morgan fingerprint density at radius 3 is 2.88 bits per heavy atom. The lowest BCUT2D eigenvalue weighted by atomic mass is 9.94. The fourth-order valence-electron chi connectivity index (χ4n) is 2.25. The quantitative estimate of drug-likeness (QED) is 0.805. The van der Waals surface area contributed by atoms with E-state index in [1.165, 1.54) is 11.3 Å². The Balaban J connectivity index is 2.35. The summed E-state index contributed by atoms with van der Waals surface area (Å²) in [4.78, 5) is 2.36. The molecular weight excluding hydrogens is 200 g/mol. The summed E-state index contributed by atoms with van der Waals surface area (Å²) < 4.78 is 0. The molecule has 0 aromatic heterocycles. The molecule has 3 heteroatoms. The number of benzene rings is 1. The fraction of sp³-hybridized carbons (Fsp3) is 0.538. The van der Waals surface area contributed by atoms with Crippen LogP contribution in [0.1, 0.15) is 25.0 Å². The highest BCUT2D eigenvalue weighted by Crippen LogP contribution is 2.31. The molecule has 3 N–H and O–H groups in total. The highest BCUT2D eigenvalue weighted by Gasteiger charge is 2.24. The van der Waals surface area contributed by atoms with Crippen LogP contribution in [0.2, 0.25) is 0 Å². The zero-order valence-electron chi connectivity index (χ0n) is 10.0. The normalized spacial score (nSPS) is 18.4. The van der Waals surface area contributed by atoms with Crippen molar-refractivity contribution in [3.8, 4) is 0 Å². The van der Waals surface area contributed by atoms with Crippen molar-refractivity contribution in [1.82, 2.24) is 0 Å². The molecule has 1 aromatic carbocycles. The first kappa shape index (κ1) is 11.4. The first-order chi connectivity index (χ1) is 7.58. The van der Waals surface area contributed by atoms with Gasteiger partial charge in [0.2, 0.25) is 0 Å². The predicted molar refractivity (Wildman–Crippen MR) is 66.7 cm³/mol. The molecule has 0 bridgehead atoms. The first-order valence-electron chi connectivity index (χ1n) is 5.89. The van der Waals surface area contributed by atoms with Crippen molar-refractivity contribution in [2.45, 2.75) is 25.9 Å². The van der Waals surface area contributed by atoms with Gasteiger partial charge in [0.1, 0.15) is 0 Å². The Hall–Kier alpha value is -1.06. The maximum atomic E-state index is 10.1. The molecule has 0 aliphatic carbocycles. The van der Waals surface area contributed by atoms with Crippen LogP contribution >= 0.6 is 0 Å². The van der Waals surface area contributed by atoms with Gasteiger partial charge in [-0.2, -0.15) is 0 Å². The Bertz CT molecular complexity index is 388. The Morgan fingerprint density at radius 1 is 1.50 bits per heavy atom. The molecule has 0 saturated carbocycles. The van der Waals surface area contributed by atoms with Gasteiger partial charge in [-0.15, -0.1) is 0 Å². The van der Waals surface area contributed by atoms with E-state index >= 15 is 0 Å². The van der Waals surface area contributed by atoms with Gasteiger partial charge in [-0.3, -0.25) is 0 Å². The number of rotatable bonds is 3. The van der Waals surface area contributed by atoms with Crippen molar-refractivity contribution in [2.24, 2.45) is 5.73 Å². The maximum Gasteiger partial charge on any atom is 0.0990 e. The van der Waals surface area contributed by atoms with Crippen LogP contribution < -0.4 is 10.6 Å². The largest absolute Gasteiger partial charge is 0.384 e. The van der Waals surface area contributed by atoms with Crippen molar-refractivity contribution < 1.29 is 5.11 Å². The summed E-state index contributed by atoms with van der Waals surface area (Å²) in [6, 6.07) is 6.18. The lowest BCUT2D eigenvalue weighted by Crippen LogP contribution is -2.31. The van der Waals surface area contributed by atoms with E-state index in [0.717, 1.165) is 25.1 Å². The summed E-state index contributed by atoms with van der Waals surface area (Å²) in [7, 11) is 0. The molecule has 0 fully saturated rings. The monoisotopic (exact) mass is 220 g/mol. The molecule has 2 rings (SSSR count). The van der Waals surface area contributed by atoms with E-state index in [0.29, 0.717) is 0 Å². The summed E-state index contributed by atoms with van der Waals surface area (Å²) in [6.45, 7) is 6.31. The number of anilines is 1. The van der Waals surface area contributed by atoms with Crippen LogP contribution in [0, 0.1) is 0 Å². The second-order valence-electron chi connectivity index (χ2n) is 4.65. The number of aliphatic hydroxyl groups is 1. The summed E-state index contributed by atoms with van der Waals surface area (Å²) >= 11 is 0. The maximum absolute atomic E-state index is 10.1. The van der Waals surface area contributed by atoms with E-state index in [-0.39, 0.29) is 6.54 Å². The zero-order valence-corrected chi connectivity index (χ0v) is 10.0. The van der Waals surface area contributed by atoms with Crippen LogP contribution in [0.5, 0.6) is 0 Å². The van der Waals surface area contributed by atoms with Gasteiger partial charge >= 0.3 is 0 Å². The Kier molecular flexibility index (Phi) is 2.91. The predicted octanol–water partition coefficient (Wildman–Crippen LogP) is 1.24. The van der Waals surface area contributed by atoms with Gasteiger partial charge in [-0.25, -0.2) is 0 Å². The van der Waals surface area contributed by atoms with Crippen molar-refractivity contribution >= 4 is 5.69 Å². The van der Waals surface area contributed by atoms with Crippen LogP contribution in [-0.2, 0) is 12.0 Å². The first-order valence-corrected chi connectivity index (χ1v) is 5.89. The molecule has 0 saturated heterocycles. The summed E-state index contributed by atoms with van der Waals surface area (Å²) in [5.74, 6) is 0. The Labute approximate surface area is 96.9 Å². The van der Waals surface area contributed by atoms with Gasteiger partial charge in [0.25, 0.3) is 0 Å². The van der Waals surface area contributed by atoms with Gasteiger partial charge in [0, 0.05) is 25.3 Å².